The Hall–Kier alpha value is -0.0400. The lowest BCUT2D eigenvalue weighted by Gasteiger charge is -2.55. The standard InChI is InChI=1S/C10H21N/c1-8(2)10(7-11)5-9(3,4)6-10/h8H,5-7,11H2,1-4H3. The van der Waals surface area contributed by atoms with E-state index in [9.17, 15) is 0 Å². The normalized spacial score (nSPS) is 26.7. The molecule has 0 saturated heterocycles. The van der Waals surface area contributed by atoms with E-state index in [4.69, 9.17) is 5.73 Å². The topological polar surface area (TPSA) is 26.0 Å². The zero-order valence-corrected chi connectivity index (χ0v) is 8.28. The number of hydrogen-bond donors (Lipinski definition) is 1. The van der Waals surface area contributed by atoms with Crippen LogP contribution in [0.5, 0.6) is 0 Å². The van der Waals surface area contributed by atoms with Crippen molar-refractivity contribution in [3.8, 4) is 0 Å². The molecule has 1 fully saturated rings. The highest BCUT2D eigenvalue weighted by Gasteiger charge is 2.49. The van der Waals surface area contributed by atoms with Crippen LogP contribution in [0.4, 0.5) is 0 Å². The highest BCUT2D eigenvalue weighted by molar-refractivity contribution is 5.00. The smallest absolute Gasteiger partial charge is 0.00177 e. The molecule has 0 spiro atoms. The monoisotopic (exact) mass is 155 g/mol. The Labute approximate surface area is 70.4 Å². The first-order chi connectivity index (χ1) is 4.92. The van der Waals surface area contributed by atoms with Gasteiger partial charge in [-0.1, -0.05) is 27.7 Å². The van der Waals surface area contributed by atoms with E-state index in [-0.39, 0.29) is 0 Å². The third kappa shape index (κ3) is 1.44. The lowest BCUT2D eigenvalue weighted by atomic mass is 9.50. The number of nitrogens with two attached hydrogens (primary N) is 1. The van der Waals surface area contributed by atoms with Crippen LogP contribution in [0.3, 0.4) is 0 Å². The van der Waals surface area contributed by atoms with Gasteiger partial charge >= 0.3 is 0 Å². The predicted octanol–water partition coefficient (Wildman–Crippen LogP) is 2.41. The lowest BCUT2D eigenvalue weighted by molar-refractivity contribution is -0.0431. The minimum absolute atomic E-state index is 0.476. The Morgan fingerprint density at radius 3 is 1.82 bits per heavy atom. The van der Waals surface area contributed by atoms with Gasteiger partial charge in [-0.15, -0.1) is 0 Å². The summed E-state index contributed by atoms with van der Waals surface area (Å²) in [7, 11) is 0. The van der Waals surface area contributed by atoms with Crippen LogP contribution in [-0.2, 0) is 0 Å². The maximum atomic E-state index is 5.79. The Morgan fingerprint density at radius 2 is 1.73 bits per heavy atom. The van der Waals surface area contributed by atoms with Crippen molar-refractivity contribution in [2.75, 3.05) is 6.54 Å². The molecular weight excluding hydrogens is 134 g/mol. The molecule has 0 unspecified atom stereocenters. The molecule has 0 amide bonds. The van der Waals surface area contributed by atoms with Crippen LogP contribution >= 0.6 is 0 Å². The van der Waals surface area contributed by atoms with Crippen molar-refractivity contribution < 1.29 is 0 Å². The van der Waals surface area contributed by atoms with Gasteiger partial charge in [-0.3, -0.25) is 0 Å². The minimum atomic E-state index is 0.476. The second kappa shape index (κ2) is 2.48. The maximum Gasteiger partial charge on any atom is -0.00177 e. The van der Waals surface area contributed by atoms with Gasteiger partial charge in [0.25, 0.3) is 0 Å². The molecule has 0 atom stereocenters. The lowest BCUT2D eigenvalue weighted by Crippen LogP contribution is -2.51. The van der Waals surface area contributed by atoms with Gasteiger partial charge in [0.2, 0.25) is 0 Å². The maximum absolute atomic E-state index is 5.79. The second-order valence-electron chi connectivity index (χ2n) is 5.24. The molecule has 1 aliphatic carbocycles. The second-order valence-corrected chi connectivity index (χ2v) is 5.24. The van der Waals surface area contributed by atoms with Crippen LogP contribution in [-0.4, -0.2) is 6.54 Å². The van der Waals surface area contributed by atoms with Gasteiger partial charge in [0.15, 0.2) is 0 Å². The van der Waals surface area contributed by atoms with Gasteiger partial charge in [0, 0.05) is 0 Å². The molecule has 0 radical (unpaired) electrons. The van der Waals surface area contributed by atoms with Gasteiger partial charge in [-0.25, -0.2) is 0 Å². The molecule has 0 bridgehead atoms. The van der Waals surface area contributed by atoms with Gasteiger partial charge in [0.1, 0.15) is 0 Å². The van der Waals surface area contributed by atoms with Crippen LogP contribution in [0.2, 0.25) is 0 Å². The van der Waals surface area contributed by atoms with E-state index < -0.39 is 0 Å². The summed E-state index contributed by atoms with van der Waals surface area (Å²) in [6.45, 7) is 10.1. The summed E-state index contributed by atoms with van der Waals surface area (Å²) >= 11 is 0. The molecule has 0 aromatic heterocycles. The van der Waals surface area contributed by atoms with Crippen LogP contribution < -0.4 is 5.73 Å². The van der Waals surface area contributed by atoms with Gasteiger partial charge in [0.05, 0.1) is 0 Å². The SMILES string of the molecule is CC(C)C1(CN)CC(C)(C)C1. The highest BCUT2D eigenvalue weighted by Crippen LogP contribution is 2.57. The fourth-order valence-corrected chi connectivity index (χ4v) is 2.64. The molecule has 0 aromatic rings. The van der Waals surface area contributed by atoms with Crippen molar-refractivity contribution in [1.29, 1.82) is 0 Å². The summed E-state index contributed by atoms with van der Waals surface area (Å²) in [5.74, 6) is 0.750. The van der Waals surface area contributed by atoms with Crippen molar-refractivity contribution in [3.63, 3.8) is 0 Å². The van der Waals surface area contributed by atoms with Crippen molar-refractivity contribution in [3.05, 3.63) is 0 Å². The van der Waals surface area contributed by atoms with Crippen LogP contribution in [0.1, 0.15) is 40.5 Å². The molecule has 1 heteroatoms. The zero-order valence-electron chi connectivity index (χ0n) is 8.28. The summed E-state index contributed by atoms with van der Waals surface area (Å²) in [5, 5.41) is 0. The van der Waals surface area contributed by atoms with E-state index in [0.29, 0.717) is 10.8 Å². The van der Waals surface area contributed by atoms with Crippen molar-refractivity contribution in [2.45, 2.75) is 40.5 Å². The van der Waals surface area contributed by atoms with Crippen molar-refractivity contribution in [2.24, 2.45) is 22.5 Å². The number of hydrogen-bond acceptors (Lipinski definition) is 1. The summed E-state index contributed by atoms with van der Waals surface area (Å²) in [6.07, 6.45) is 2.63. The fourth-order valence-electron chi connectivity index (χ4n) is 2.64. The summed E-state index contributed by atoms with van der Waals surface area (Å²) < 4.78 is 0. The summed E-state index contributed by atoms with van der Waals surface area (Å²) in [6, 6.07) is 0. The van der Waals surface area contributed by atoms with E-state index in [1.807, 2.05) is 0 Å². The Balaban J connectivity index is 2.57. The van der Waals surface area contributed by atoms with E-state index in [0.717, 1.165) is 12.5 Å². The average Bonchev–Trinajstić information content (AvgIpc) is 1.81. The largest absolute Gasteiger partial charge is 0.330 e. The Morgan fingerprint density at radius 1 is 1.27 bits per heavy atom. The molecule has 1 nitrogen and oxygen atoms in total. The molecule has 0 aliphatic heterocycles. The number of rotatable bonds is 2. The third-order valence-corrected chi connectivity index (χ3v) is 3.29. The highest BCUT2D eigenvalue weighted by atomic mass is 14.7. The Kier molecular flexibility index (Phi) is 2.04. The van der Waals surface area contributed by atoms with Crippen LogP contribution in [0, 0.1) is 16.7 Å². The Bertz CT molecular complexity index is 139. The van der Waals surface area contributed by atoms with E-state index in [1.165, 1.54) is 12.8 Å². The first kappa shape index (κ1) is 9.05. The van der Waals surface area contributed by atoms with E-state index in [1.54, 1.807) is 0 Å². The predicted molar refractivity (Wildman–Crippen MR) is 49.3 cm³/mol. The third-order valence-electron chi connectivity index (χ3n) is 3.29. The van der Waals surface area contributed by atoms with Gasteiger partial charge in [-0.05, 0) is 36.1 Å². The van der Waals surface area contributed by atoms with Crippen molar-refractivity contribution >= 4 is 0 Å². The molecule has 1 saturated carbocycles. The zero-order chi connectivity index (χ0) is 8.70. The summed E-state index contributed by atoms with van der Waals surface area (Å²) in [5.41, 5.74) is 6.83. The molecule has 0 aromatic carbocycles. The van der Waals surface area contributed by atoms with Gasteiger partial charge < -0.3 is 5.73 Å². The fraction of sp³-hybridized carbons (Fsp3) is 1.00. The van der Waals surface area contributed by atoms with E-state index >= 15 is 0 Å². The van der Waals surface area contributed by atoms with Crippen LogP contribution in [0.15, 0.2) is 0 Å². The first-order valence-electron chi connectivity index (χ1n) is 4.62. The molecule has 1 aliphatic rings. The molecular formula is C10H21N. The quantitative estimate of drug-likeness (QED) is 0.651. The molecule has 1 rings (SSSR count). The average molecular weight is 155 g/mol. The molecule has 0 heterocycles. The molecule has 11 heavy (non-hydrogen) atoms. The summed E-state index contributed by atoms with van der Waals surface area (Å²) in [4.78, 5) is 0. The first-order valence-corrected chi connectivity index (χ1v) is 4.62. The van der Waals surface area contributed by atoms with Crippen molar-refractivity contribution in [1.82, 2.24) is 0 Å². The van der Waals surface area contributed by atoms with Gasteiger partial charge in [-0.2, -0.15) is 0 Å². The minimum Gasteiger partial charge on any atom is -0.330 e. The van der Waals surface area contributed by atoms with E-state index in [2.05, 4.69) is 27.7 Å². The van der Waals surface area contributed by atoms with Crippen LogP contribution in [0.25, 0.3) is 0 Å². The molecule has 2 N–H and O–H groups in total. The molecule has 66 valence electrons.